The molecule has 5 heteroatoms. The van der Waals surface area contributed by atoms with Crippen molar-refractivity contribution in [3.63, 3.8) is 0 Å². The molecule has 0 bridgehead atoms. The molecule has 2 heterocycles. The van der Waals surface area contributed by atoms with Crippen LogP contribution in [0.3, 0.4) is 0 Å². The second-order valence-corrected chi connectivity index (χ2v) is 4.22. The maximum Gasteiger partial charge on any atom is 0.195 e. The van der Waals surface area contributed by atoms with E-state index in [2.05, 4.69) is 17.1 Å². The summed E-state index contributed by atoms with van der Waals surface area (Å²) >= 11 is 5.13. The molecule has 14 heavy (non-hydrogen) atoms. The van der Waals surface area contributed by atoms with Crippen molar-refractivity contribution in [3.05, 3.63) is 10.6 Å². The normalized spacial score (nSPS) is 27.0. The molecule has 1 aromatic rings. The largest absolute Gasteiger partial charge is 0.373 e. The van der Waals surface area contributed by atoms with Crippen LogP contribution in [0.25, 0.3) is 0 Å². The van der Waals surface area contributed by atoms with Crippen LogP contribution in [-0.2, 0) is 11.3 Å². The number of H-pyrrole nitrogens is 1. The fourth-order valence-corrected chi connectivity index (χ4v) is 2.09. The lowest BCUT2D eigenvalue weighted by Gasteiger charge is -2.12. The standard InChI is InChI=1S/C9H15N3OS/c1-6-3-4-8(13-6)5-12-7(2)10-11-9(12)14/h6,8H,3-5H2,1-2H3,(H,11,14). The molecule has 0 amide bonds. The zero-order valence-electron chi connectivity index (χ0n) is 8.49. The van der Waals surface area contributed by atoms with E-state index < -0.39 is 0 Å². The predicted octanol–water partition coefficient (Wildman–Crippen LogP) is 1.82. The first-order valence-corrected chi connectivity index (χ1v) is 5.35. The fraction of sp³-hybridized carbons (Fsp3) is 0.778. The summed E-state index contributed by atoms with van der Waals surface area (Å²) < 4.78 is 8.42. The first kappa shape index (κ1) is 9.86. The van der Waals surface area contributed by atoms with Crippen molar-refractivity contribution < 1.29 is 4.74 Å². The lowest BCUT2D eigenvalue weighted by Crippen LogP contribution is -2.17. The molecule has 1 saturated heterocycles. The summed E-state index contributed by atoms with van der Waals surface area (Å²) in [7, 11) is 0. The van der Waals surface area contributed by atoms with Gasteiger partial charge in [-0.1, -0.05) is 0 Å². The van der Waals surface area contributed by atoms with E-state index in [9.17, 15) is 0 Å². The quantitative estimate of drug-likeness (QED) is 0.762. The Bertz CT molecular complexity index is 370. The highest BCUT2D eigenvalue weighted by Crippen LogP contribution is 2.20. The first-order valence-electron chi connectivity index (χ1n) is 4.94. The lowest BCUT2D eigenvalue weighted by molar-refractivity contribution is 0.0452. The van der Waals surface area contributed by atoms with Crippen molar-refractivity contribution in [2.75, 3.05) is 0 Å². The van der Waals surface area contributed by atoms with Gasteiger partial charge in [-0.05, 0) is 38.9 Å². The smallest absolute Gasteiger partial charge is 0.195 e. The molecule has 1 aliphatic rings. The second-order valence-electron chi connectivity index (χ2n) is 3.83. The molecule has 0 aliphatic carbocycles. The number of hydrogen-bond donors (Lipinski definition) is 1. The SMILES string of the molecule is Cc1n[nH]c(=S)n1CC1CCC(C)O1. The maximum atomic E-state index is 5.74. The minimum atomic E-state index is 0.299. The number of nitrogens with one attached hydrogen (secondary N) is 1. The summed E-state index contributed by atoms with van der Waals surface area (Å²) in [5.74, 6) is 0.929. The van der Waals surface area contributed by atoms with Gasteiger partial charge in [-0.3, -0.25) is 5.10 Å². The average Bonchev–Trinajstić information content (AvgIpc) is 2.67. The highest BCUT2D eigenvalue weighted by molar-refractivity contribution is 7.71. The number of rotatable bonds is 2. The van der Waals surface area contributed by atoms with Crippen molar-refractivity contribution in [2.24, 2.45) is 0 Å². The number of aromatic nitrogens is 3. The molecule has 0 saturated carbocycles. The Morgan fingerprint density at radius 2 is 2.43 bits per heavy atom. The summed E-state index contributed by atoms with van der Waals surface area (Å²) in [5.41, 5.74) is 0. The minimum Gasteiger partial charge on any atom is -0.373 e. The highest BCUT2D eigenvalue weighted by atomic mass is 32.1. The maximum absolute atomic E-state index is 5.74. The van der Waals surface area contributed by atoms with E-state index in [4.69, 9.17) is 17.0 Å². The number of hydrogen-bond acceptors (Lipinski definition) is 3. The van der Waals surface area contributed by atoms with Gasteiger partial charge in [0.25, 0.3) is 0 Å². The number of nitrogens with zero attached hydrogens (tertiary/aromatic N) is 2. The van der Waals surface area contributed by atoms with Crippen LogP contribution in [0.2, 0.25) is 0 Å². The molecule has 2 rings (SSSR count). The topological polar surface area (TPSA) is 42.8 Å². The highest BCUT2D eigenvalue weighted by Gasteiger charge is 2.22. The number of aryl methyl sites for hydroxylation is 1. The van der Waals surface area contributed by atoms with Crippen molar-refractivity contribution in [3.8, 4) is 0 Å². The van der Waals surface area contributed by atoms with Gasteiger partial charge in [0.1, 0.15) is 5.82 Å². The zero-order chi connectivity index (χ0) is 10.1. The van der Waals surface area contributed by atoms with E-state index in [-0.39, 0.29) is 0 Å². The molecular formula is C9H15N3OS. The van der Waals surface area contributed by atoms with Crippen molar-refractivity contribution in [1.29, 1.82) is 0 Å². The molecule has 4 nitrogen and oxygen atoms in total. The zero-order valence-corrected chi connectivity index (χ0v) is 9.30. The van der Waals surface area contributed by atoms with Gasteiger partial charge in [0, 0.05) is 0 Å². The van der Waals surface area contributed by atoms with Gasteiger partial charge in [-0.2, -0.15) is 5.10 Å². The van der Waals surface area contributed by atoms with Crippen molar-refractivity contribution >= 4 is 12.2 Å². The molecule has 1 fully saturated rings. The number of ether oxygens (including phenoxy) is 1. The molecule has 1 N–H and O–H groups in total. The van der Waals surface area contributed by atoms with Crippen LogP contribution >= 0.6 is 12.2 Å². The van der Waals surface area contributed by atoms with Gasteiger partial charge in [-0.25, -0.2) is 0 Å². The molecule has 78 valence electrons. The lowest BCUT2D eigenvalue weighted by atomic mass is 10.2. The van der Waals surface area contributed by atoms with Gasteiger partial charge in [0.2, 0.25) is 0 Å². The molecule has 1 aliphatic heterocycles. The summed E-state index contributed by atoms with van der Waals surface area (Å²) in [6.07, 6.45) is 2.96. The molecule has 0 radical (unpaired) electrons. The van der Waals surface area contributed by atoms with Crippen LogP contribution in [0, 0.1) is 11.7 Å². The van der Waals surface area contributed by atoms with Gasteiger partial charge in [0.05, 0.1) is 18.8 Å². The third-order valence-corrected chi connectivity index (χ3v) is 2.97. The first-order chi connectivity index (χ1) is 6.66. The summed E-state index contributed by atoms with van der Waals surface area (Å²) in [6.45, 7) is 4.89. The third-order valence-electron chi connectivity index (χ3n) is 2.66. The Hall–Kier alpha value is -0.680. The van der Waals surface area contributed by atoms with E-state index in [1.54, 1.807) is 0 Å². The van der Waals surface area contributed by atoms with E-state index in [0.717, 1.165) is 25.2 Å². The van der Waals surface area contributed by atoms with Crippen LogP contribution < -0.4 is 0 Å². The molecular weight excluding hydrogens is 198 g/mol. The Labute approximate surface area is 88.3 Å². The third kappa shape index (κ3) is 1.88. The van der Waals surface area contributed by atoms with Crippen LogP contribution in [0.4, 0.5) is 0 Å². The summed E-state index contributed by atoms with van der Waals surface area (Å²) in [4.78, 5) is 0. The van der Waals surface area contributed by atoms with Gasteiger partial charge in [0.15, 0.2) is 4.77 Å². The summed E-state index contributed by atoms with van der Waals surface area (Å²) in [6, 6.07) is 0. The minimum absolute atomic E-state index is 0.299. The van der Waals surface area contributed by atoms with Crippen LogP contribution in [-0.4, -0.2) is 27.0 Å². The van der Waals surface area contributed by atoms with Gasteiger partial charge < -0.3 is 9.30 Å². The van der Waals surface area contributed by atoms with Crippen LogP contribution in [0.15, 0.2) is 0 Å². The van der Waals surface area contributed by atoms with Gasteiger partial charge >= 0.3 is 0 Å². The molecule has 1 aromatic heterocycles. The molecule has 2 unspecified atom stereocenters. The van der Waals surface area contributed by atoms with E-state index in [1.165, 1.54) is 0 Å². The predicted molar refractivity (Wildman–Crippen MR) is 55.7 cm³/mol. The van der Waals surface area contributed by atoms with E-state index in [0.29, 0.717) is 17.0 Å². The Kier molecular flexibility index (Phi) is 2.69. The second kappa shape index (κ2) is 3.82. The molecule has 2 atom stereocenters. The molecule has 0 spiro atoms. The molecule has 0 aromatic carbocycles. The van der Waals surface area contributed by atoms with Crippen LogP contribution in [0.1, 0.15) is 25.6 Å². The van der Waals surface area contributed by atoms with Gasteiger partial charge in [-0.15, -0.1) is 0 Å². The van der Waals surface area contributed by atoms with Crippen molar-refractivity contribution in [2.45, 2.75) is 45.4 Å². The monoisotopic (exact) mass is 213 g/mol. The summed E-state index contributed by atoms with van der Waals surface area (Å²) in [5, 5.41) is 6.85. The Morgan fingerprint density at radius 1 is 1.64 bits per heavy atom. The van der Waals surface area contributed by atoms with E-state index >= 15 is 0 Å². The number of aromatic amines is 1. The Balaban J connectivity index is 2.07. The fourth-order valence-electron chi connectivity index (χ4n) is 1.83. The average molecular weight is 213 g/mol. The van der Waals surface area contributed by atoms with Crippen LogP contribution in [0.5, 0.6) is 0 Å². The van der Waals surface area contributed by atoms with E-state index in [1.807, 2.05) is 11.5 Å². The Morgan fingerprint density at radius 3 is 2.93 bits per heavy atom. The van der Waals surface area contributed by atoms with Crippen molar-refractivity contribution in [1.82, 2.24) is 14.8 Å².